The molecule has 0 aliphatic heterocycles. The Labute approximate surface area is 126 Å². The zero-order valence-corrected chi connectivity index (χ0v) is 12.6. The number of fused-ring (bicyclic) bond motifs is 1. The van der Waals surface area contributed by atoms with Crippen LogP contribution in [0.3, 0.4) is 0 Å². The Morgan fingerprint density at radius 2 is 2.14 bits per heavy atom. The summed E-state index contributed by atoms with van der Waals surface area (Å²) >= 11 is 0. The quantitative estimate of drug-likeness (QED) is 0.757. The largest absolute Gasteiger partial charge is 0.507 e. The van der Waals surface area contributed by atoms with Gasteiger partial charge in [0.2, 0.25) is 5.43 Å². The van der Waals surface area contributed by atoms with Gasteiger partial charge >= 0.3 is 0 Å². The van der Waals surface area contributed by atoms with Crippen molar-refractivity contribution in [2.75, 3.05) is 14.1 Å². The van der Waals surface area contributed by atoms with Crippen molar-refractivity contribution in [3.63, 3.8) is 0 Å². The number of phenols is 1. The van der Waals surface area contributed by atoms with Gasteiger partial charge in [-0.25, -0.2) is 0 Å². The normalized spacial score (nSPS) is 11.5. The number of aryl methyl sites for hydroxylation is 1. The predicted octanol–water partition coefficient (Wildman–Crippen LogP) is 1.11. The van der Waals surface area contributed by atoms with Gasteiger partial charge < -0.3 is 18.9 Å². The van der Waals surface area contributed by atoms with Crippen molar-refractivity contribution in [2.45, 2.75) is 13.5 Å². The lowest BCUT2D eigenvalue weighted by molar-refractivity contribution is -0.872. The van der Waals surface area contributed by atoms with Crippen LogP contribution in [0.5, 0.6) is 5.75 Å². The Bertz CT molecular complexity index is 879. The molecule has 0 unspecified atom stereocenters. The predicted molar refractivity (Wildman–Crippen MR) is 80.9 cm³/mol. The lowest BCUT2D eigenvalue weighted by atomic mass is 10.0. The number of quaternary nitrogens is 1. The summed E-state index contributed by atoms with van der Waals surface area (Å²) in [5, 5.41) is 14.4. The molecule has 2 aromatic heterocycles. The molecular formula is C16H17N2O4+. The van der Waals surface area contributed by atoms with Gasteiger partial charge in [0, 0.05) is 6.07 Å². The number of benzene rings is 1. The Morgan fingerprint density at radius 3 is 2.77 bits per heavy atom. The maximum Gasteiger partial charge on any atom is 0.202 e. The molecule has 0 saturated heterocycles. The minimum absolute atomic E-state index is 0.142. The van der Waals surface area contributed by atoms with Crippen LogP contribution in [-0.4, -0.2) is 24.4 Å². The van der Waals surface area contributed by atoms with E-state index in [4.69, 9.17) is 8.94 Å². The number of phenolic OH excluding ortho intramolecular Hbond substituents is 1. The number of hydrogen-bond acceptors (Lipinski definition) is 5. The van der Waals surface area contributed by atoms with Crippen LogP contribution in [0.1, 0.15) is 11.1 Å². The fourth-order valence-electron chi connectivity index (χ4n) is 2.58. The van der Waals surface area contributed by atoms with Crippen molar-refractivity contribution in [2.24, 2.45) is 0 Å². The monoisotopic (exact) mass is 301 g/mol. The molecule has 3 aromatic rings. The minimum Gasteiger partial charge on any atom is -0.507 e. The van der Waals surface area contributed by atoms with E-state index in [0.717, 1.165) is 4.90 Å². The Morgan fingerprint density at radius 1 is 1.36 bits per heavy atom. The first-order valence-electron chi connectivity index (χ1n) is 6.95. The van der Waals surface area contributed by atoms with Gasteiger partial charge in [0.15, 0.2) is 5.58 Å². The summed E-state index contributed by atoms with van der Waals surface area (Å²) in [7, 11) is 3.93. The number of nitrogens with one attached hydrogen (secondary N) is 1. The third-order valence-electron chi connectivity index (χ3n) is 3.57. The van der Waals surface area contributed by atoms with E-state index in [1.165, 1.54) is 12.5 Å². The molecule has 0 saturated carbocycles. The van der Waals surface area contributed by atoms with Crippen molar-refractivity contribution in [3.05, 3.63) is 46.0 Å². The summed E-state index contributed by atoms with van der Waals surface area (Å²) in [6, 6.07) is 3.21. The molecule has 2 heterocycles. The molecular weight excluding hydrogens is 284 g/mol. The van der Waals surface area contributed by atoms with Crippen LogP contribution in [-0.2, 0) is 6.54 Å². The van der Waals surface area contributed by atoms with Gasteiger partial charge in [0.05, 0.1) is 30.6 Å². The smallest absolute Gasteiger partial charge is 0.202 e. The van der Waals surface area contributed by atoms with E-state index < -0.39 is 0 Å². The molecule has 0 radical (unpaired) electrons. The summed E-state index contributed by atoms with van der Waals surface area (Å²) < 4.78 is 10.5. The molecule has 0 amide bonds. The van der Waals surface area contributed by atoms with Crippen LogP contribution in [0.4, 0.5) is 0 Å². The Balaban J connectivity index is 2.34. The standard InChI is InChI=1S/C16H16N2O4/c1-9-6-13(19)10(7-18(2)3)16-14(9)15(20)11(8-21-16)12-4-5-22-17-12/h4-6,8,19H,7H2,1-3H3/p+1. The van der Waals surface area contributed by atoms with Crippen LogP contribution in [0.15, 0.2) is 38.4 Å². The van der Waals surface area contributed by atoms with Gasteiger partial charge in [-0.05, 0) is 18.6 Å². The fraction of sp³-hybridized carbons (Fsp3) is 0.250. The molecule has 0 fully saturated rings. The van der Waals surface area contributed by atoms with Crippen molar-refractivity contribution >= 4 is 11.0 Å². The summed E-state index contributed by atoms with van der Waals surface area (Å²) in [4.78, 5) is 13.9. The van der Waals surface area contributed by atoms with Gasteiger partial charge in [-0.3, -0.25) is 4.79 Å². The summed E-state index contributed by atoms with van der Waals surface area (Å²) in [6.45, 7) is 2.33. The molecule has 114 valence electrons. The molecule has 0 spiro atoms. The highest BCUT2D eigenvalue weighted by molar-refractivity contribution is 5.88. The molecule has 0 aliphatic rings. The molecule has 2 N–H and O–H groups in total. The highest BCUT2D eigenvalue weighted by Crippen LogP contribution is 2.29. The highest BCUT2D eigenvalue weighted by atomic mass is 16.5. The molecule has 6 nitrogen and oxygen atoms in total. The van der Waals surface area contributed by atoms with E-state index in [2.05, 4.69) is 5.16 Å². The lowest BCUT2D eigenvalue weighted by Crippen LogP contribution is -3.04. The second kappa shape index (κ2) is 5.31. The number of nitrogens with zero attached hydrogens (tertiary/aromatic N) is 1. The molecule has 0 atom stereocenters. The average molecular weight is 301 g/mol. The van der Waals surface area contributed by atoms with E-state index in [-0.39, 0.29) is 11.2 Å². The van der Waals surface area contributed by atoms with Crippen LogP contribution in [0, 0.1) is 6.92 Å². The zero-order chi connectivity index (χ0) is 15.9. The van der Waals surface area contributed by atoms with Crippen LogP contribution >= 0.6 is 0 Å². The van der Waals surface area contributed by atoms with Crippen molar-refractivity contribution < 1.29 is 18.9 Å². The fourth-order valence-corrected chi connectivity index (χ4v) is 2.58. The first kappa shape index (κ1) is 14.3. The summed E-state index contributed by atoms with van der Waals surface area (Å²) in [6.07, 6.45) is 2.78. The lowest BCUT2D eigenvalue weighted by Gasteiger charge is -2.12. The molecule has 22 heavy (non-hydrogen) atoms. The van der Waals surface area contributed by atoms with Crippen molar-refractivity contribution in [1.29, 1.82) is 0 Å². The molecule has 0 bridgehead atoms. The highest BCUT2D eigenvalue weighted by Gasteiger charge is 2.19. The van der Waals surface area contributed by atoms with Gasteiger partial charge in [0.25, 0.3) is 0 Å². The summed E-state index contributed by atoms with van der Waals surface area (Å²) in [5.41, 5.74) is 2.33. The van der Waals surface area contributed by atoms with E-state index in [0.29, 0.717) is 39.9 Å². The van der Waals surface area contributed by atoms with Crippen LogP contribution in [0.25, 0.3) is 22.2 Å². The zero-order valence-electron chi connectivity index (χ0n) is 12.6. The van der Waals surface area contributed by atoms with Gasteiger partial charge in [-0.15, -0.1) is 0 Å². The van der Waals surface area contributed by atoms with E-state index in [1.807, 2.05) is 14.1 Å². The van der Waals surface area contributed by atoms with Crippen LogP contribution in [0.2, 0.25) is 0 Å². The maximum absolute atomic E-state index is 12.8. The molecule has 0 aliphatic carbocycles. The maximum atomic E-state index is 12.8. The van der Waals surface area contributed by atoms with Gasteiger partial charge in [-0.2, -0.15) is 0 Å². The first-order valence-corrected chi connectivity index (χ1v) is 6.95. The SMILES string of the molecule is Cc1cc(O)c(C[NH+](C)C)c2occ(-c3ccon3)c(=O)c12. The first-order chi connectivity index (χ1) is 10.5. The van der Waals surface area contributed by atoms with Crippen molar-refractivity contribution in [3.8, 4) is 17.0 Å². The number of rotatable bonds is 3. The van der Waals surface area contributed by atoms with Gasteiger partial charge in [-0.1, -0.05) is 5.16 Å². The number of aromatic nitrogens is 1. The molecule has 1 aromatic carbocycles. The third-order valence-corrected chi connectivity index (χ3v) is 3.57. The van der Waals surface area contributed by atoms with Crippen molar-refractivity contribution in [1.82, 2.24) is 5.16 Å². The Kier molecular flexibility index (Phi) is 3.46. The number of aromatic hydroxyl groups is 1. The van der Waals surface area contributed by atoms with E-state index in [1.54, 1.807) is 19.1 Å². The van der Waals surface area contributed by atoms with E-state index in [9.17, 15) is 9.90 Å². The van der Waals surface area contributed by atoms with Crippen LogP contribution < -0.4 is 10.3 Å². The Hall–Kier alpha value is -2.60. The van der Waals surface area contributed by atoms with Gasteiger partial charge in [0.1, 0.15) is 30.5 Å². The average Bonchev–Trinajstić information content (AvgIpc) is 2.96. The second-order valence-electron chi connectivity index (χ2n) is 5.64. The van der Waals surface area contributed by atoms with E-state index >= 15 is 0 Å². The second-order valence-corrected chi connectivity index (χ2v) is 5.64. The molecule has 6 heteroatoms. The topological polar surface area (TPSA) is 80.9 Å². The molecule has 3 rings (SSSR count). The number of hydrogen-bond donors (Lipinski definition) is 2. The minimum atomic E-state index is -0.178. The third kappa shape index (κ3) is 2.27. The summed E-state index contributed by atoms with van der Waals surface area (Å²) in [5.74, 6) is 0.142.